The number of pyridine rings is 1. The zero-order valence-electron chi connectivity index (χ0n) is 14.8. The molecule has 1 aliphatic rings. The summed E-state index contributed by atoms with van der Waals surface area (Å²) in [6, 6.07) is 11.2. The van der Waals surface area contributed by atoms with E-state index in [0.717, 1.165) is 44.2 Å². The van der Waals surface area contributed by atoms with Crippen molar-refractivity contribution in [3.05, 3.63) is 42.6 Å². The maximum Gasteiger partial charge on any atom is 0.180 e. The van der Waals surface area contributed by atoms with Crippen molar-refractivity contribution in [1.82, 2.24) is 19.9 Å². The van der Waals surface area contributed by atoms with Gasteiger partial charge in [0.25, 0.3) is 0 Å². The van der Waals surface area contributed by atoms with E-state index in [2.05, 4.69) is 19.9 Å². The van der Waals surface area contributed by atoms with Crippen molar-refractivity contribution in [1.29, 1.82) is 0 Å². The molecule has 3 aromatic rings. The molecule has 0 bridgehead atoms. The highest BCUT2D eigenvalue weighted by atomic mass is 16.5. The Morgan fingerprint density at radius 3 is 2.67 bits per heavy atom. The summed E-state index contributed by atoms with van der Waals surface area (Å²) in [5, 5.41) is 8.98. The molecule has 0 unspecified atom stereocenters. The number of anilines is 1. The van der Waals surface area contributed by atoms with Crippen molar-refractivity contribution < 1.29 is 14.7 Å². The first-order valence-electron chi connectivity index (χ1n) is 8.89. The van der Waals surface area contributed by atoms with Crippen molar-refractivity contribution in [3.8, 4) is 17.0 Å². The number of aromatic nitrogens is 3. The highest BCUT2D eigenvalue weighted by Gasteiger charge is 2.10. The third-order valence-corrected chi connectivity index (χ3v) is 4.45. The Balaban J connectivity index is 1.41. The minimum absolute atomic E-state index is 0.331. The second-order valence-electron chi connectivity index (χ2n) is 6.23. The van der Waals surface area contributed by atoms with E-state index in [9.17, 15) is 0 Å². The molecule has 140 valence electrons. The third kappa shape index (κ3) is 4.30. The molecule has 0 atom stereocenters. The summed E-state index contributed by atoms with van der Waals surface area (Å²) in [7, 11) is 0. The van der Waals surface area contributed by atoms with E-state index in [0.29, 0.717) is 29.3 Å². The van der Waals surface area contributed by atoms with Gasteiger partial charge in [-0.2, -0.15) is 0 Å². The van der Waals surface area contributed by atoms with Crippen LogP contribution in [0.25, 0.3) is 22.4 Å². The van der Waals surface area contributed by atoms with E-state index < -0.39 is 0 Å². The van der Waals surface area contributed by atoms with Gasteiger partial charge in [0.05, 0.1) is 25.1 Å². The Morgan fingerprint density at radius 1 is 1.07 bits per heavy atom. The molecule has 1 aromatic carbocycles. The first-order valence-corrected chi connectivity index (χ1v) is 8.89. The molecule has 0 spiro atoms. The Labute approximate surface area is 156 Å². The van der Waals surface area contributed by atoms with Crippen LogP contribution in [0.2, 0.25) is 0 Å². The van der Waals surface area contributed by atoms with Crippen molar-refractivity contribution in [2.45, 2.75) is 0 Å². The molecular weight excluding hydrogens is 346 g/mol. The van der Waals surface area contributed by atoms with Gasteiger partial charge in [-0.05, 0) is 36.4 Å². The number of morpholine rings is 1. The van der Waals surface area contributed by atoms with Crippen molar-refractivity contribution >= 4 is 17.0 Å². The zero-order chi connectivity index (χ0) is 18.5. The maximum atomic E-state index is 8.98. The summed E-state index contributed by atoms with van der Waals surface area (Å²) in [6.45, 7) is 5.07. The molecule has 0 radical (unpaired) electrons. The Kier molecular flexibility index (Phi) is 5.38. The number of ether oxygens (including phenoxy) is 2. The molecule has 27 heavy (non-hydrogen) atoms. The monoisotopic (exact) mass is 367 g/mol. The number of fused-ring (bicyclic) bond motifs is 1. The van der Waals surface area contributed by atoms with Crippen LogP contribution in [-0.2, 0) is 4.74 Å². The molecular formula is C19H21N5O3. The van der Waals surface area contributed by atoms with Crippen LogP contribution in [0.4, 0.5) is 5.82 Å². The summed E-state index contributed by atoms with van der Waals surface area (Å²) in [5.74, 6) is 1.16. The van der Waals surface area contributed by atoms with Gasteiger partial charge < -0.3 is 9.47 Å². The van der Waals surface area contributed by atoms with E-state index in [-0.39, 0.29) is 0 Å². The molecule has 3 heterocycles. The lowest BCUT2D eigenvalue weighted by Crippen LogP contribution is -2.38. The lowest BCUT2D eigenvalue weighted by atomic mass is 10.1. The van der Waals surface area contributed by atoms with Gasteiger partial charge in [-0.1, -0.05) is 0 Å². The van der Waals surface area contributed by atoms with Crippen LogP contribution in [0, 0.1) is 0 Å². The highest BCUT2D eigenvalue weighted by Crippen LogP contribution is 2.22. The summed E-state index contributed by atoms with van der Waals surface area (Å²) < 4.78 is 11.2. The fraction of sp³-hybridized carbons (Fsp3) is 0.316. The van der Waals surface area contributed by atoms with E-state index >= 15 is 0 Å². The average molecular weight is 367 g/mol. The van der Waals surface area contributed by atoms with Gasteiger partial charge in [0.1, 0.15) is 17.9 Å². The van der Waals surface area contributed by atoms with Crippen LogP contribution < -0.4 is 10.2 Å². The summed E-state index contributed by atoms with van der Waals surface area (Å²) in [4.78, 5) is 15.4. The molecule has 1 aliphatic heterocycles. The van der Waals surface area contributed by atoms with Gasteiger partial charge in [-0.15, -0.1) is 0 Å². The quantitative estimate of drug-likeness (QED) is 0.641. The van der Waals surface area contributed by atoms with Gasteiger partial charge >= 0.3 is 0 Å². The SMILES string of the molecule is ONc1ccc2ncc(-c3ccc(OCCN4CCOCC4)cc3)nc2n1. The van der Waals surface area contributed by atoms with Crippen LogP contribution in [0.3, 0.4) is 0 Å². The molecule has 1 fully saturated rings. The van der Waals surface area contributed by atoms with Crippen LogP contribution >= 0.6 is 0 Å². The minimum Gasteiger partial charge on any atom is -0.492 e. The lowest BCUT2D eigenvalue weighted by Gasteiger charge is -2.26. The fourth-order valence-corrected chi connectivity index (χ4v) is 2.94. The first kappa shape index (κ1) is 17.6. The second-order valence-corrected chi connectivity index (χ2v) is 6.23. The predicted octanol–water partition coefficient (Wildman–Crippen LogP) is 2.20. The van der Waals surface area contributed by atoms with Gasteiger partial charge in [0.15, 0.2) is 11.5 Å². The van der Waals surface area contributed by atoms with E-state index in [1.807, 2.05) is 29.7 Å². The smallest absolute Gasteiger partial charge is 0.180 e. The Hall–Kier alpha value is -2.81. The molecule has 4 rings (SSSR count). The van der Waals surface area contributed by atoms with Gasteiger partial charge in [-0.3, -0.25) is 20.6 Å². The number of nitrogens with one attached hydrogen (secondary N) is 1. The van der Waals surface area contributed by atoms with Crippen LogP contribution in [0.15, 0.2) is 42.6 Å². The van der Waals surface area contributed by atoms with E-state index in [1.165, 1.54) is 0 Å². The van der Waals surface area contributed by atoms with Gasteiger partial charge in [-0.25, -0.2) is 9.97 Å². The molecule has 8 heteroatoms. The highest BCUT2D eigenvalue weighted by molar-refractivity contribution is 5.75. The molecule has 1 saturated heterocycles. The minimum atomic E-state index is 0.331. The largest absolute Gasteiger partial charge is 0.492 e. The van der Waals surface area contributed by atoms with Crippen molar-refractivity contribution in [3.63, 3.8) is 0 Å². The number of nitrogens with zero attached hydrogens (tertiary/aromatic N) is 4. The third-order valence-electron chi connectivity index (χ3n) is 4.45. The number of rotatable bonds is 6. The molecule has 8 nitrogen and oxygen atoms in total. The standard InChI is InChI=1S/C19H21N5O3/c25-23-18-6-5-16-19(22-18)21-17(13-20-16)14-1-3-15(4-2-14)27-12-9-24-7-10-26-11-8-24/h1-6,13,25H,7-12H2,(H,21,22,23). The van der Waals surface area contributed by atoms with Crippen LogP contribution in [0.1, 0.15) is 0 Å². The number of hydrogen-bond acceptors (Lipinski definition) is 8. The summed E-state index contributed by atoms with van der Waals surface area (Å²) in [5.41, 5.74) is 4.80. The first-order chi connectivity index (χ1) is 13.3. The topological polar surface area (TPSA) is 92.6 Å². The summed E-state index contributed by atoms with van der Waals surface area (Å²) in [6.07, 6.45) is 1.71. The zero-order valence-corrected chi connectivity index (χ0v) is 14.8. The van der Waals surface area contributed by atoms with Gasteiger partial charge in [0, 0.05) is 25.2 Å². The second kappa shape index (κ2) is 8.26. The Morgan fingerprint density at radius 2 is 1.89 bits per heavy atom. The van der Waals surface area contributed by atoms with Crippen molar-refractivity contribution in [2.24, 2.45) is 0 Å². The lowest BCUT2D eigenvalue weighted by molar-refractivity contribution is 0.0322. The number of hydrogen-bond donors (Lipinski definition) is 2. The van der Waals surface area contributed by atoms with Crippen LogP contribution in [0.5, 0.6) is 5.75 Å². The van der Waals surface area contributed by atoms with Crippen LogP contribution in [-0.4, -0.2) is 64.5 Å². The van der Waals surface area contributed by atoms with Crippen molar-refractivity contribution in [2.75, 3.05) is 44.9 Å². The van der Waals surface area contributed by atoms with E-state index in [4.69, 9.17) is 14.7 Å². The molecule has 2 aromatic heterocycles. The molecule has 2 N–H and O–H groups in total. The molecule has 0 saturated carbocycles. The average Bonchev–Trinajstić information content (AvgIpc) is 2.74. The van der Waals surface area contributed by atoms with Gasteiger partial charge in [0.2, 0.25) is 0 Å². The fourth-order valence-electron chi connectivity index (χ4n) is 2.94. The maximum absolute atomic E-state index is 8.98. The summed E-state index contributed by atoms with van der Waals surface area (Å²) >= 11 is 0. The Bertz CT molecular complexity index is 897. The predicted molar refractivity (Wildman–Crippen MR) is 101 cm³/mol. The normalized spacial score (nSPS) is 15.0. The molecule has 0 aliphatic carbocycles. The molecule has 0 amide bonds. The number of benzene rings is 1. The van der Waals surface area contributed by atoms with E-state index in [1.54, 1.807) is 18.3 Å².